The maximum absolute atomic E-state index is 14.3. The molecule has 2 heterocycles. The fourth-order valence-electron chi connectivity index (χ4n) is 3.64. The summed E-state index contributed by atoms with van der Waals surface area (Å²) in [5, 5.41) is 2.79. The average molecular weight is 484 g/mol. The summed E-state index contributed by atoms with van der Waals surface area (Å²) in [6.07, 6.45) is -1.86. The molecule has 2 aromatic rings. The first-order valence-electron chi connectivity index (χ1n) is 10.3. The number of hydrogen-bond donors (Lipinski definition) is 2. The standard InChI is InChI=1S/C21H24F4N6O3/c1-12-7-14(18(26)33)15(22)8-16(12)28-20-27-9-17(30(2)10-21(23,24)25)19(29-20)31(11-32)13-3-5-34-6-4-13/h7-9,11,13H,3-6,10H2,1-2H3,(H2,26,33)(H,27,28,29). The highest BCUT2D eigenvalue weighted by Gasteiger charge is 2.32. The van der Waals surface area contributed by atoms with Gasteiger partial charge >= 0.3 is 6.18 Å². The first kappa shape index (κ1) is 25.1. The average Bonchev–Trinajstić information content (AvgIpc) is 2.76. The molecule has 0 aliphatic carbocycles. The number of rotatable bonds is 8. The maximum atomic E-state index is 14.3. The molecular formula is C21H24F4N6O3. The Balaban J connectivity index is 2.01. The van der Waals surface area contributed by atoms with Gasteiger partial charge in [0.2, 0.25) is 12.4 Å². The lowest BCUT2D eigenvalue weighted by Gasteiger charge is -2.33. The summed E-state index contributed by atoms with van der Waals surface area (Å²) >= 11 is 0. The quantitative estimate of drug-likeness (QED) is 0.438. The molecule has 0 unspecified atom stereocenters. The number of primary amides is 1. The number of nitrogens with one attached hydrogen (secondary N) is 1. The zero-order valence-electron chi connectivity index (χ0n) is 18.5. The van der Waals surface area contributed by atoms with Crippen LogP contribution < -0.4 is 20.9 Å². The Morgan fingerprint density at radius 1 is 1.32 bits per heavy atom. The molecule has 1 aromatic carbocycles. The molecule has 1 fully saturated rings. The van der Waals surface area contributed by atoms with Gasteiger partial charge in [-0.25, -0.2) is 9.37 Å². The van der Waals surface area contributed by atoms with Crippen molar-refractivity contribution in [2.75, 3.05) is 41.9 Å². The highest BCUT2D eigenvalue weighted by Crippen LogP contribution is 2.33. The summed E-state index contributed by atoms with van der Waals surface area (Å²) < 4.78 is 58.7. The van der Waals surface area contributed by atoms with Crippen molar-refractivity contribution in [2.45, 2.75) is 32.0 Å². The lowest BCUT2D eigenvalue weighted by atomic mass is 10.1. The Morgan fingerprint density at radius 2 is 2.00 bits per heavy atom. The number of benzene rings is 1. The van der Waals surface area contributed by atoms with Crippen molar-refractivity contribution in [3.05, 3.63) is 35.3 Å². The number of alkyl halides is 3. The largest absolute Gasteiger partial charge is 0.405 e. The molecule has 1 aliphatic rings. The van der Waals surface area contributed by atoms with Crippen LogP contribution in [0.3, 0.4) is 0 Å². The van der Waals surface area contributed by atoms with Crippen LogP contribution in [-0.2, 0) is 9.53 Å². The lowest BCUT2D eigenvalue weighted by Crippen LogP contribution is -2.41. The van der Waals surface area contributed by atoms with E-state index in [0.717, 1.165) is 17.2 Å². The number of carbonyl (C=O) groups excluding carboxylic acids is 2. The van der Waals surface area contributed by atoms with Gasteiger partial charge in [-0.15, -0.1) is 0 Å². The number of halogens is 4. The fraction of sp³-hybridized carbons (Fsp3) is 0.429. The first-order chi connectivity index (χ1) is 16.0. The minimum atomic E-state index is -4.50. The minimum absolute atomic E-state index is 0.00607. The number of anilines is 4. The van der Waals surface area contributed by atoms with E-state index in [1.165, 1.54) is 18.0 Å². The van der Waals surface area contributed by atoms with Gasteiger partial charge in [0.1, 0.15) is 12.4 Å². The van der Waals surface area contributed by atoms with Crippen molar-refractivity contribution < 1.29 is 31.9 Å². The number of nitrogens with two attached hydrogens (primary N) is 1. The third-order valence-electron chi connectivity index (χ3n) is 5.35. The normalized spacial score (nSPS) is 14.5. The van der Waals surface area contributed by atoms with Gasteiger partial charge in [0.25, 0.3) is 5.91 Å². The number of aromatic nitrogens is 2. The molecule has 9 nitrogen and oxygen atoms in total. The fourth-order valence-corrected chi connectivity index (χ4v) is 3.64. The van der Waals surface area contributed by atoms with Crippen molar-refractivity contribution >= 4 is 35.5 Å². The SMILES string of the molecule is Cc1cc(C(N)=O)c(F)cc1Nc1ncc(N(C)CC(F)(F)F)c(N(C=O)C2CCOCC2)n1. The number of carbonyl (C=O) groups is 2. The molecule has 0 radical (unpaired) electrons. The number of nitrogens with zero attached hydrogens (tertiary/aromatic N) is 4. The predicted octanol–water partition coefficient (Wildman–Crippen LogP) is 2.91. The monoisotopic (exact) mass is 484 g/mol. The van der Waals surface area contributed by atoms with E-state index < -0.39 is 24.4 Å². The number of amides is 2. The summed E-state index contributed by atoms with van der Waals surface area (Å²) in [7, 11) is 1.22. The molecule has 0 saturated carbocycles. The van der Waals surface area contributed by atoms with Crippen LogP contribution in [0.4, 0.5) is 40.7 Å². The van der Waals surface area contributed by atoms with Crippen LogP contribution >= 0.6 is 0 Å². The van der Waals surface area contributed by atoms with E-state index in [9.17, 15) is 27.2 Å². The minimum Gasteiger partial charge on any atom is -0.381 e. The molecule has 0 atom stereocenters. The van der Waals surface area contributed by atoms with Crippen LogP contribution in [-0.4, -0.2) is 61.3 Å². The Morgan fingerprint density at radius 3 is 2.59 bits per heavy atom. The van der Waals surface area contributed by atoms with Crippen LogP contribution in [0, 0.1) is 12.7 Å². The summed E-state index contributed by atoms with van der Waals surface area (Å²) in [6.45, 7) is 1.10. The van der Waals surface area contributed by atoms with E-state index in [4.69, 9.17) is 10.5 Å². The second kappa shape index (κ2) is 10.2. The van der Waals surface area contributed by atoms with Gasteiger partial charge in [-0.2, -0.15) is 18.2 Å². The summed E-state index contributed by atoms with van der Waals surface area (Å²) in [5.41, 5.74) is 5.53. The molecule has 1 saturated heterocycles. The Bertz CT molecular complexity index is 1060. The van der Waals surface area contributed by atoms with E-state index in [1.54, 1.807) is 6.92 Å². The van der Waals surface area contributed by atoms with E-state index >= 15 is 0 Å². The van der Waals surface area contributed by atoms with Crippen molar-refractivity contribution in [3.8, 4) is 0 Å². The van der Waals surface area contributed by atoms with E-state index in [-0.39, 0.29) is 34.7 Å². The molecule has 0 spiro atoms. The molecule has 34 heavy (non-hydrogen) atoms. The van der Waals surface area contributed by atoms with Gasteiger partial charge in [0.15, 0.2) is 5.82 Å². The van der Waals surface area contributed by atoms with Crippen LogP contribution in [0.25, 0.3) is 0 Å². The summed E-state index contributed by atoms with van der Waals surface area (Å²) in [5.74, 6) is -1.90. The van der Waals surface area contributed by atoms with Crippen molar-refractivity contribution in [3.63, 3.8) is 0 Å². The van der Waals surface area contributed by atoms with E-state index in [2.05, 4.69) is 15.3 Å². The predicted molar refractivity (Wildman–Crippen MR) is 117 cm³/mol. The second-order valence-electron chi connectivity index (χ2n) is 7.87. The van der Waals surface area contributed by atoms with Gasteiger partial charge in [-0.1, -0.05) is 0 Å². The third-order valence-corrected chi connectivity index (χ3v) is 5.35. The highest BCUT2D eigenvalue weighted by molar-refractivity contribution is 5.94. The highest BCUT2D eigenvalue weighted by atomic mass is 19.4. The van der Waals surface area contributed by atoms with Gasteiger partial charge < -0.3 is 20.7 Å². The Kier molecular flexibility index (Phi) is 7.54. The van der Waals surface area contributed by atoms with Gasteiger partial charge in [-0.3, -0.25) is 14.5 Å². The molecule has 1 aromatic heterocycles. The van der Waals surface area contributed by atoms with Crippen LogP contribution in [0.5, 0.6) is 0 Å². The third kappa shape index (κ3) is 5.90. The van der Waals surface area contributed by atoms with Gasteiger partial charge in [0, 0.05) is 32.0 Å². The van der Waals surface area contributed by atoms with Gasteiger partial charge in [0.05, 0.1) is 17.4 Å². The molecule has 2 amide bonds. The Labute approximate surface area is 192 Å². The topological polar surface area (TPSA) is 114 Å². The van der Waals surface area contributed by atoms with E-state index in [0.29, 0.717) is 38.0 Å². The summed E-state index contributed by atoms with van der Waals surface area (Å²) in [4.78, 5) is 33.9. The summed E-state index contributed by atoms with van der Waals surface area (Å²) in [6, 6.07) is 1.96. The number of ether oxygens (including phenoxy) is 1. The molecule has 3 rings (SSSR count). The molecule has 0 bridgehead atoms. The van der Waals surface area contributed by atoms with E-state index in [1.807, 2.05) is 0 Å². The molecule has 1 aliphatic heterocycles. The number of hydrogen-bond acceptors (Lipinski definition) is 7. The van der Waals surface area contributed by atoms with Gasteiger partial charge in [-0.05, 0) is 37.5 Å². The molecule has 3 N–H and O–H groups in total. The second-order valence-corrected chi connectivity index (χ2v) is 7.87. The Hall–Kier alpha value is -3.48. The number of aryl methyl sites for hydroxylation is 1. The van der Waals surface area contributed by atoms with Crippen molar-refractivity contribution in [1.29, 1.82) is 0 Å². The zero-order valence-corrected chi connectivity index (χ0v) is 18.5. The van der Waals surface area contributed by atoms with Crippen LogP contribution in [0.2, 0.25) is 0 Å². The molecule has 13 heteroatoms. The molecular weight excluding hydrogens is 460 g/mol. The lowest BCUT2D eigenvalue weighted by molar-refractivity contribution is -0.119. The zero-order chi connectivity index (χ0) is 25.0. The van der Waals surface area contributed by atoms with Crippen molar-refractivity contribution in [2.24, 2.45) is 5.73 Å². The van der Waals surface area contributed by atoms with Crippen LogP contribution in [0.15, 0.2) is 18.3 Å². The molecule has 184 valence electrons. The van der Waals surface area contributed by atoms with Crippen LogP contribution in [0.1, 0.15) is 28.8 Å². The smallest absolute Gasteiger partial charge is 0.381 e. The maximum Gasteiger partial charge on any atom is 0.405 e. The van der Waals surface area contributed by atoms with Crippen molar-refractivity contribution in [1.82, 2.24) is 9.97 Å². The first-order valence-corrected chi connectivity index (χ1v) is 10.3.